The van der Waals surface area contributed by atoms with Gasteiger partial charge in [-0.15, -0.1) is 0 Å². The lowest BCUT2D eigenvalue weighted by atomic mass is 10.2. The van der Waals surface area contributed by atoms with Crippen LogP contribution in [-0.4, -0.2) is 44.9 Å². The smallest absolute Gasteiger partial charge is 0.338 e. The fourth-order valence-electron chi connectivity index (χ4n) is 2.82. The molecule has 28 heavy (non-hydrogen) atoms. The van der Waals surface area contributed by atoms with E-state index in [0.29, 0.717) is 55.1 Å². The highest BCUT2D eigenvalue weighted by atomic mass is 16.6. The van der Waals surface area contributed by atoms with Crippen molar-refractivity contribution in [1.82, 2.24) is 0 Å². The summed E-state index contributed by atoms with van der Waals surface area (Å²) >= 11 is 0. The molecule has 0 aliphatic carbocycles. The van der Waals surface area contributed by atoms with Gasteiger partial charge in [0.15, 0.2) is 29.6 Å². The molecule has 1 N–H and O–H groups in total. The maximum Gasteiger partial charge on any atom is 0.338 e. The molecule has 0 spiro atoms. The first kappa shape index (κ1) is 18.0. The second-order valence-electron chi connectivity index (χ2n) is 6.19. The molecule has 4 rings (SSSR count). The van der Waals surface area contributed by atoms with Gasteiger partial charge in [0.2, 0.25) is 0 Å². The van der Waals surface area contributed by atoms with Crippen LogP contribution in [0.3, 0.4) is 0 Å². The molecule has 2 aliphatic heterocycles. The molecule has 8 nitrogen and oxygen atoms in total. The number of fused-ring (bicyclic) bond motifs is 2. The van der Waals surface area contributed by atoms with Gasteiger partial charge in [-0.1, -0.05) is 0 Å². The van der Waals surface area contributed by atoms with E-state index in [-0.39, 0.29) is 5.56 Å². The van der Waals surface area contributed by atoms with E-state index in [0.717, 1.165) is 6.42 Å². The minimum absolute atomic E-state index is 0.285. The Kier molecular flexibility index (Phi) is 5.18. The first-order valence-electron chi connectivity index (χ1n) is 8.95. The van der Waals surface area contributed by atoms with E-state index in [1.807, 2.05) is 0 Å². The number of hydrogen-bond donors (Lipinski definition) is 1. The van der Waals surface area contributed by atoms with Crippen LogP contribution in [0.5, 0.6) is 23.0 Å². The van der Waals surface area contributed by atoms with Crippen LogP contribution in [-0.2, 0) is 9.53 Å². The molecule has 0 unspecified atom stereocenters. The summed E-state index contributed by atoms with van der Waals surface area (Å²) in [6.07, 6.45) is 0.798. The number of esters is 1. The predicted octanol–water partition coefficient (Wildman–Crippen LogP) is 2.41. The Morgan fingerprint density at radius 3 is 2.29 bits per heavy atom. The van der Waals surface area contributed by atoms with Crippen LogP contribution in [0, 0.1) is 0 Å². The summed E-state index contributed by atoms with van der Waals surface area (Å²) in [4.78, 5) is 24.3. The molecule has 2 aromatic carbocycles. The molecule has 0 saturated carbocycles. The monoisotopic (exact) mass is 385 g/mol. The van der Waals surface area contributed by atoms with E-state index < -0.39 is 18.5 Å². The molecule has 8 heteroatoms. The molecule has 2 aliphatic rings. The van der Waals surface area contributed by atoms with Gasteiger partial charge in [0.25, 0.3) is 5.91 Å². The van der Waals surface area contributed by atoms with Gasteiger partial charge < -0.3 is 29.0 Å². The summed E-state index contributed by atoms with van der Waals surface area (Å²) in [5.74, 6) is 1.20. The summed E-state index contributed by atoms with van der Waals surface area (Å²) in [7, 11) is 0. The van der Waals surface area contributed by atoms with Crippen molar-refractivity contribution in [2.75, 3.05) is 38.4 Å². The molecule has 0 atom stereocenters. The lowest BCUT2D eigenvalue weighted by Gasteiger charge is -2.18. The quantitative estimate of drug-likeness (QED) is 0.808. The van der Waals surface area contributed by atoms with E-state index in [9.17, 15) is 9.59 Å². The Hall–Kier alpha value is -3.42. The summed E-state index contributed by atoms with van der Waals surface area (Å²) in [5, 5.41) is 2.67. The van der Waals surface area contributed by atoms with E-state index in [4.69, 9.17) is 23.7 Å². The zero-order valence-electron chi connectivity index (χ0n) is 15.1. The van der Waals surface area contributed by atoms with E-state index in [1.54, 1.807) is 36.4 Å². The molecule has 146 valence electrons. The number of benzene rings is 2. The Balaban J connectivity index is 1.33. The van der Waals surface area contributed by atoms with Crippen LogP contribution < -0.4 is 24.3 Å². The zero-order chi connectivity index (χ0) is 19.3. The number of anilines is 1. The molecule has 0 aromatic heterocycles. The highest BCUT2D eigenvalue weighted by Crippen LogP contribution is 2.32. The highest BCUT2D eigenvalue weighted by Gasteiger charge is 2.17. The van der Waals surface area contributed by atoms with Gasteiger partial charge >= 0.3 is 5.97 Å². The Bertz CT molecular complexity index is 896. The number of nitrogens with one attached hydrogen (secondary N) is 1. The first-order valence-corrected chi connectivity index (χ1v) is 8.95. The van der Waals surface area contributed by atoms with E-state index in [1.165, 1.54) is 0 Å². The van der Waals surface area contributed by atoms with Crippen LogP contribution in [0.1, 0.15) is 16.8 Å². The minimum Gasteiger partial charge on any atom is -0.490 e. The molecule has 0 saturated heterocycles. The zero-order valence-corrected chi connectivity index (χ0v) is 15.1. The number of hydrogen-bond acceptors (Lipinski definition) is 7. The molecule has 0 radical (unpaired) electrons. The molecule has 1 amide bonds. The average molecular weight is 385 g/mol. The number of amides is 1. The van der Waals surface area contributed by atoms with Crippen molar-refractivity contribution in [1.29, 1.82) is 0 Å². The number of ether oxygens (including phenoxy) is 5. The fourth-order valence-corrected chi connectivity index (χ4v) is 2.82. The topological polar surface area (TPSA) is 92.3 Å². The van der Waals surface area contributed by atoms with Gasteiger partial charge in [-0.3, -0.25) is 4.79 Å². The maximum absolute atomic E-state index is 12.2. The minimum atomic E-state index is -0.620. The normalized spacial score (nSPS) is 14.6. The summed E-state index contributed by atoms with van der Waals surface area (Å²) in [6, 6.07) is 9.87. The standard InChI is InChI=1S/C20H19NO7/c22-19(21-14-3-5-16-18(11-14)25-7-1-6-24-16)12-28-20(23)13-2-4-15-17(10-13)27-9-8-26-15/h2-5,10-11H,1,6-9,12H2,(H,21,22). The second-order valence-corrected chi connectivity index (χ2v) is 6.19. The molecule has 0 bridgehead atoms. The van der Waals surface area contributed by atoms with Crippen molar-refractivity contribution < 1.29 is 33.3 Å². The average Bonchev–Trinajstić information content (AvgIpc) is 2.96. The van der Waals surface area contributed by atoms with E-state index in [2.05, 4.69) is 5.32 Å². The van der Waals surface area contributed by atoms with E-state index >= 15 is 0 Å². The van der Waals surface area contributed by atoms with Gasteiger partial charge in [0.05, 0.1) is 18.8 Å². The van der Waals surface area contributed by atoms with Gasteiger partial charge in [0, 0.05) is 18.2 Å². The Labute approximate surface area is 161 Å². The van der Waals surface area contributed by atoms with Crippen molar-refractivity contribution in [3.63, 3.8) is 0 Å². The lowest BCUT2D eigenvalue weighted by molar-refractivity contribution is -0.119. The van der Waals surface area contributed by atoms with Crippen LogP contribution in [0.2, 0.25) is 0 Å². The maximum atomic E-state index is 12.2. The predicted molar refractivity (Wildman–Crippen MR) is 98.4 cm³/mol. The number of carbonyl (C=O) groups is 2. The first-order chi connectivity index (χ1) is 13.7. The summed E-state index contributed by atoms with van der Waals surface area (Å²) in [6.45, 7) is 1.62. The third-order valence-corrected chi connectivity index (χ3v) is 4.14. The third-order valence-electron chi connectivity index (χ3n) is 4.14. The summed E-state index contributed by atoms with van der Waals surface area (Å²) in [5.41, 5.74) is 0.817. The van der Waals surface area contributed by atoms with Crippen LogP contribution in [0.15, 0.2) is 36.4 Å². The Morgan fingerprint density at radius 2 is 1.46 bits per heavy atom. The fraction of sp³-hybridized carbons (Fsp3) is 0.300. The molecule has 2 heterocycles. The number of rotatable bonds is 4. The molecule has 0 fully saturated rings. The van der Waals surface area contributed by atoms with Gasteiger partial charge in [-0.05, 0) is 30.3 Å². The summed E-state index contributed by atoms with van der Waals surface area (Å²) < 4.78 is 27.1. The lowest BCUT2D eigenvalue weighted by Crippen LogP contribution is -2.21. The van der Waals surface area contributed by atoms with Crippen molar-refractivity contribution in [2.45, 2.75) is 6.42 Å². The molecular weight excluding hydrogens is 366 g/mol. The van der Waals surface area contributed by atoms with Crippen LogP contribution >= 0.6 is 0 Å². The van der Waals surface area contributed by atoms with Crippen molar-refractivity contribution in [3.8, 4) is 23.0 Å². The largest absolute Gasteiger partial charge is 0.490 e. The number of carbonyl (C=O) groups excluding carboxylic acids is 2. The third kappa shape index (κ3) is 4.11. The Morgan fingerprint density at radius 1 is 0.821 bits per heavy atom. The van der Waals surface area contributed by atoms with Crippen molar-refractivity contribution >= 4 is 17.6 Å². The van der Waals surface area contributed by atoms with Gasteiger partial charge in [-0.2, -0.15) is 0 Å². The van der Waals surface area contributed by atoms with Gasteiger partial charge in [-0.25, -0.2) is 4.79 Å². The van der Waals surface area contributed by atoms with Crippen LogP contribution in [0.25, 0.3) is 0 Å². The second kappa shape index (κ2) is 8.08. The molecule has 2 aromatic rings. The SMILES string of the molecule is O=C(COC(=O)c1ccc2c(c1)OCCO2)Nc1ccc2c(c1)OCCCO2. The highest BCUT2D eigenvalue weighted by molar-refractivity contribution is 5.96. The van der Waals surface area contributed by atoms with Crippen LogP contribution in [0.4, 0.5) is 5.69 Å². The molecular formula is C20H19NO7. The van der Waals surface area contributed by atoms with Crippen molar-refractivity contribution in [2.24, 2.45) is 0 Å². The van der Waals surface area contributed by atoms with Gasteiger partial charge in [0.1, 0.15) is 13.2 Å². The van der Waals surface area contributed by atoms with Crippen molar-refractivity contribution in [3.05, 3.63) is 42.0 Å².